The minimum Gasteiger partial charge on any atom is -0.312 e. The van der Waals surface area contributed by atoms with E-state index in [0.29, 0.717) is 10.6 Å². The zero-order valence-electron chi connectivity index (χ0n) is 12.5. The summed E-state index contributed by atoms with van der Waals surface area (Å²) in [7, 11) is 0.615. The van der Waals surface area contributed by atoms with Crippen molar-refractivity contribution in [3.05, 3.63) is 65.0 Å². The molecule has 2 rings (SSSR count). The molecule has 2 nitrogen and oxygen atoms in total. The van der Waals surface area contributed by atoms with Crippen LogP contribution in [0, 0.1) is 19.7 Å². The molecule has 112 valence electrons. The topological polar surface area (TPSA) is 29.1 Å². The lowest BCUT2D eigenvalue weighted by molar-refractivity contribution is 0.618. The van der Waals surface area contributed by atoms with E-state index in [4.69, 9.17) is 0 Å². The lowest BCUT2D eigenvalue weighted by Crippen LogP contribution is -2.23. The maximum absolute atomic E-state index is 13.2. The van der Waals surface area contributed by atoms with Gasteiger partial charge in [0, 0.05) is 16.7 Å². The number of hydrogen-bond acceptors (Lipinski definition) is 2. The third kappa shape index (κ3) is 3.99. The van der Waals surface area contributed by atoms with Crippen LogP contribution in [0.25, 0.3) is 0 Å². The normalized spacial score (nSPS) is 13.9. The Balaban J connectivity index is 2.23. The van der Waals surface area contributed by atoms with E-state index in [0.717, 1.165) is 11.1 Å². The van der Waals surface area contributed by atoms with Crippen LogP contribution in [-0.4, -0.2) is 17.0 Å². The molecule has 0 aliphatic carbocycles. The third-order valence-corrected chi connectivity index (χ3v) is 4.95. The molecule has 21 heavy (non-hydrogen) atoms. The standard InChI is InChI=1S/C17H20FNOS/c1-12-7-8-13(2)16(9-12)17(19-3)11-21(20)15-6-4-5-14(18)10-15/h4-10,17,19H,11H2,1-3H3. The highest BCUT2D eigenvalue weighted by Crippen LogP contribution is 2.22. The van der Waals surface area contributed by atoms with Crippen molar-refractivity contribution >= 4 is 10.8 Å². The molecule has 0 spiro atoms. The Morgan fingerprint density at radius 2 is 1.95 bits per heavy atom. The van der Waals surface area contributed by atoms with Crippen molar-refractivity contribution in [2.75, 3.05) is 12.8 Å². The second kappa shape index (κ2) is 6.96. The first-order chi connectivity index (χ1) is 10.0. The Kier molecular flexibility index (Phi) is 5.26. The molecule has 0 saturated carbocycles. The summed E-state index contributed by atoms with van der Waals surface area (Å²) in [6.45, 7) is 4.09. The molecule has 2 aromatic rings. The molecule has 2 atom stereocenters. The molecule has 0 aliphatic rings. The minimum atomic E-state index is -1.24. The van der Waals surface area contributed by atoms with E-state index in [1.54, 1.807) is 12.1 Å². The number of benzene rings is 2. The van der Waals surface area contributed by atoms with Crippen LogP contribution in [0.5, 0.6) is 0 Å². The summed E-state index contributed by atoms with van der Waals surface area (Å²) < 4.78 is 25.7. The maximum atomic E-state index is 13.2. The van der Waals surface area contributed by atoms with Crippen molar-refractivity contribution < 1.29 is 8.60 Å². The van der Waals surface area contributed by atoms with Crippen LogP contribution in [-0.2, 0) is 10.8 Å². The number of hydrogen-bond donors (Lipinski definition) is 1. The molecule has 2 aromatic carbocycles. The quantitative estimate of drug-likeness (QED) is 0.916. The fraction of sp³-hybridized carbons (Fsp3) is 0.294. The van der Waals surface area contributed by atoms with E-state index in [2.05, 4.69) is 23.5 Å². The lowest BCUT2D eigenvalue weighted by atomic mass is 10.0. The van der Waals surface area contributed by atoms with Crippen LogP contribution in [0.1, 0.15) is 22.7 Å². The number of rotatable bonds is 5. The van der Waals surface area contributed by atoms with E-state index in [1.807, 2.05) is 20.9 Å². The monoisotopic (exact) mass is 305 g/mol. The molecule has 0 saturated heterocycles. The summed E-state index contributed by atoms with van der Waals surface area (Å²) in [4.78, 5) is 0.528. The SMILES string of the molecule is CNC(CS(=O)c1cccc(F)c1)c1cc(C)ccc1C. The number of halogens is 1. The summed E-state index contributed by atoms with van der Waals surface area (Å²) in [6.07, 6.45) is 0. The third-order valence-electron chi connectivity index (χ3n) is 3.54. The van der Waals surface area contributed by atoms with E-state index in [-0.39, 0.29) is 11.9 Å². The average Bonchev–Trinajstić information content (AvgIpc) is 2.47. The maximum Gasteiger partial charge on any atom is 0.124 e. The second-order valence-corrected chi connectivity index (χ2v) is 6.67. The van der Waals surface area contributed by atoms with Gasteiger partial charge >= 0.3 is 0 Å². The largest absolute Gasteiger partial charge is 0.312 e. The Morgan fingerprint density at radius 3 is 2.62 bits per heavy atom. The number of nitrogens with one attached hydrogen (secondary N) is 1. The summed E-state index contributed by atoms with van der Waals surface area (Å²) in [6, 6.07) is 12.2. The Morgan fingerprint density at radius 1 is 1.19 bits per heavy atom. The van der Waals surface area contributed by atoms with Crippen LogP contribution in [0.15, 0.2) is 47.4 Å². The second-order valence-electron chi connectivity index (χ2n) is 5.17. The molecule has 0 aromatic heterocycles. The minimum absolute atomic E-state index is 0.0194. The van der Waals surface area contributed by atoms with Gasteiger partial charge in [-0.2, -0.15) is 0 Å². The Labute approximate surface area is 127 Å². The van der Waals surface area contributed by atoms with Crippen LogP contribution >= 0.6 is 0 Å². The van der Waals surface area contributed by atoms with Gasteiger partial charge in [0.1, 0.15) is 5.82 Å². The van der Waals surface area contributed by atoms with Crippen molar-refractivity contribution in [1.29, 1.82) is 0 Å². The van der Waals surface area contributed by atoms with Gasteiger partial charge < -0.3 is 5.32 Å². The summed E-state index contributed by atoms with van der Waals surface area (Å²) >= 11 is 0. The zero-order chi connectivity index (χ0) is 15.4. The molecule has 0 fully saturated rings. The summed E-state index contributed by atoms with van der Waals surface area (Å²) in [5.74, 6) is 0.0677. The smallest absolute Gasteiger partial charge is 0.124 e. The first-order valence-corrected chi connectivity index (χ1v) is 8.21. The van der Waals surface area contributed by atoms with Gasteiger partial charge in [0.15, 0.2) is 0 Å². The summed E-state index contributed by atoms with van der Waals surface area (Å²) in [5, 5.41) is 3.21. The van der Waals surface area contributed by atoms with Crippen molar-refractivity contribution in [2.45, 2.75) is 24.8 Å². The van der Waals surface area contributed by atoms with Crippen molar-refractivity contribution in [2.24, 2.45) is 0 Å². The van der Waals surface area contributed by atoms with Crippen LogP contribution in [0.2, 0.25) is 0 Å². The van der Waals surface area contributed by atoms with Crippen molar-refractivity contribution in [1.82, 2.24) is 5.32 Å². The van der Waals surface area contributed by atoms with E-state index in [9.17, 15) is 8.60 Å². The molecule has 0 bridgehead atoms. The molecular formula is C17H20FNOS. The molecule has 0 amide bonds. The molecule has 0 aliphatic heterocycles. The van der Waals surface area contributed by atoms with E-state index >= 15 is 0 Å². The molecule has 2 unspecified atom stereocenters. The molecular weight excluding hydrogens is 285 g/mol. The van der Waals surface area contributed by atoms with Gasteiger partial charge in [-0.3, -0.25) is 4.21 Å². The predicted octanol–water partition coefficient (Wildman–Crippen LogP) is 3.51. The Hall–Kier alpha value is -1.52. The van der Waals surface area contributed by atoms with E-state index in [1.165, 1.54) is 17.7 Å². The number of aryl methyl sites for hydroxylation is 2. The van der Waals surface area contributed by atoms with E-state index < -0.39 is 10.8 Å². The van der Waals surface area contributed by atoms with Crippen molar-refractivity contribution in [3.63, 3.8) is 0 Å². The van der Waals surface area contributed by atoms with Gasteiger partial charge in [-0.25, -0.2) is 4.39 Å². The molecule has 4 heteroatoms. The van der Waals surface area contributed by atoms with Gasteiger partial charge in [0.2, 0.25) is 0 Å². The fourth-order valence-corrected chi connectivity index (χ4v) is 3.64. The predicted molar refractivity (Wildman–Crippen MR) is 85.4 cm³/mol. The highest BCUT2D eigenvalue weighted by molar-refractivity contribution is 7.85. The highest BCUT2D eigenvalue weighted by Gasteiger charge is 2.16. The first-order valence-electron chi connectivity index (χ1n) is 6.89. The van der Waals surface area contributed by atoms with Gasteiger partial charge in [0.05, 0.1) is 10.8 Å². The highest BCUT2D eigenvalue weighted by atomic mass is 32.2. The lowest BCUT2D eigenvalue weighted by Gasteiger charge is -2.19. The Bertz CT molecular complexity index is 657. The zero-order valence-corrected chi connectivity index (χ0v) is 13.3. The average molecular weight is 305 g/mol. The van der Waals surface area contributed by atoms with Crippen LogP contribution in [0.4, 0.5) is 4.39 Å². The van der Waals surface area contributed by atoms with Gasteiger partial charge in [0.25, 0.3) is 0 Å². The fourth-order valence-electron chi connectivity index (χ4n) is 2.32. The first kappa shape index (κ1) is 15.9. The van der Waals surface area contributed by atoms with Gasteiger partial charge in [-0.05, 0) is 50.2 Å². The van der Waals surface area contributed by atoms with Gasteiger partial charge in [-0.1, -0.05) is 29.8 Å². The van der Waals surface area contributed by atoms with Crippen LogP contribution < -0.4 is 5.32 Å². The molecule has 1 N–H and O–H groups in total. The van der Waals surface area contributed by atoms with Crippen LogP contribution in [0.3, 0.4) is 0 Å². The van der Waals surface area contributed by atoms with Gasteiger partial charge in [-0.15, -0.1) is 0 Å². The van der Waals surface area contributed by atoms with Crippen molar-refractivity contribution in [3.8, 4) is 0 Å². The summed E-state index contributed by atoms with van der Waals surface area (Å²) in [5.41, 5.74) is 3.48. The molecule has 0 radical (unpaired) electrons. The molecule has 0 heterocycles.